The van der Waals surface area contributed by atoms with Crippen molar-refractivity contribution in [3.8, 4) is 10.6 Å². The first-order valence-corrected chi connectivity index (χ1v) is 9.30. The van der Waals surface area contributed by atoms with Crippen molar-refractivity contribution < 1.29 is 9.59 Å². The fraction of sp³-hybridized carbons (Fsp3) is 0.0556. The number of carbonyl (C=O) groups excluding carboxylic acids is 2. The molecule has 0 aliphatic carbocycles. The van der Waals surface area contributed by atoms with Crippen molar-refractivity contribution >= 4 is 45.0 Å². The average molecular weight is 367 g/mol. The summed E-state index contributed by atoms with van der Waals surface area (Å²) in [5.41, 5.74) is 2.66. The lowest BCUT2D eigenvalue weighted by Crippen LogP contribution is -2.13. The molecule has 124 valence electrons. The average Bonchev–Trinajstić information content (AvgIpc) is 3.31. The summed E-state index contributed by atoms with van der Waals surface area (Å²) in [7, 11) is 0. The van der Waals surface area contributed by atoms with Crippen LogP contribution in [0.25, 0.3) is 15.5 Å². The summed E-state index contributed by atoms with van der Waals surface area (Å²) in [6, 6.07) is 10.8. The summed E-state index contributed by atoms with van der Waals surface area (Å²) < 4.78 is 1.80. The van der Waals surface area contributed by atoms with E-state index in [1.165, 1.54) is 18.3 Å². The maximum absolute atomic E-state index is 12.6. The summed E-state index contributed by atoms with van der Waals surface area (Å²) in [4.78, 5) is 30.3. The van der Waals surface area contributed by atoms with E-state index in [9.17, 15) is 9.59 Å². The molecule has 0 aliphatic heterocycles. The molecule has 0 atom stereocenters. The van der Waals surface area contributed by atoms with Crippen LogP contribution in [0.5, 0.6) is 0 Å². The van der Waals surface area contributed by atoms with Gasteiger partial charge in [0.2, 0.25) is 0 Å². The zero-order chi connectivity index (χ0) is 17.4. The Kier molecular flexibility index (Phi) is 3.95. The van der Waals surface area contributed by atoms with Crippen LogP contribution in [-0.2, 0) is 0 Å². The third kappa shape index (κ3) is 2.99. The van der Waals surface area contributed by atoms with Crippen LogP contribution in [0.3, 0.4) is 0 Å². The van der Waals surface area contributed by atoms with Gasteiger partial charge < -0.3 is 5.32 Å². The number of fused-ring (bicyclic) bond motifs is 1. The number of ketones is 1. The number of hydrogen-bond donors (Lipinski definition) is 1. The van der Waals surface area contributed by atoms with E-state index in [4.69, 9.17) is 0 Å². The molecule has 3 aromatic heterocycles. The van der Waals surface area contributed by atoms with Crippen LogP contribution in [-0.4, -0.2) is 21.1 Å². The predicted molar refractivity (Wildman–Crippen MR) is 101 cm³/mol. The fourth-order valence-corrected chi connectivity index (χ4v) is 4.01. The Hall–Kier alpha value is -2.77. The zero-order valence-corrected chi connectivity index (χ0v) is 14.9. The topological polar surface area (TPSA) is 63.5 Å². The second-order valence-electron chi connectivity index (χ2n) is 5.46. The number of Topliss-reactive ketones (excluding diaryl/α,β-unsaturated/α-hetero) is 1. The van der Waals surface area contributed by atoms with E-state index in [0.717, 1.165) is 15.5 Å². The number of thiophene rings is 1. The number of nitrogens with zero attached hydrogens (tertiary/aromatic N) is 2. The Morgan fingerprint density at radius 1 is 1.12 bits per heavy atom. The highest BCUT2D eigenvalue weighted by Crippen LogP contribution is 2.27. The van der Waals surface area contributed by atoms with Crippen LogP contribution in [0.4, 0.5) is 5.69 Å². The molecule has 4 aromatic rings. The highest BCUT2D eigenvalue weighted by molar-refractivity contribution is 7.15. The van der Waals surface area contributed by atoms with Crippen LogP contribution in [0.2, 0.25) is 0 Å². The lowest BCUT2D eigenvalue weighted by molar-refractivity contribution is 0.101. The highest BCUT2D eigenvalue weighted by Gasteiger charge is 2.16. The van der Waals surface area contributed by atoms with E-state index >= 15 is 0 Å². The third-order valence-electron chi connectivity index (χ3n) is 3.76. The molecule has 0 saturated carbocycles. The molecular formula is C18H13N3O2S2. The summed E-state index contributed by atoms with van der Waals surface area (Å²) in [5, 5.41) is 6.65. The number of hydrogen-bond acceptors (Lipinski definition) is 5. The van der Waals surface area contributed by atoms with Crippen molar-refractivity contribution in [3.05, 3.63) is 64.6 Å². The Morgan fingerprint density at radius 3 is 2.60 bits per heavy atom. The molecule has 3 heterocycles. The van der Waals surface area contributed by atoms with Crippen LogP contribution in [0, 0.1) is 0 Å². The summed E-state index contributed by atoms with van der Waals surface area (Å²) >= 11 is 3.04. The van der Waals surface area contributed by atoms with E-state index < -0.39 is 0 Å². The molecule has 0 unspecified atom stereocenters. The monoisotopic (exact) mass is 367 g/mol. The molecule has 0 saturated heterocycles. The molecule has 4 rings (SSSR count). The largest absolute Gasteiger partial charge is 0.321 e. The first-order chi connectivity index (χ1) is 12.1. The number of carbonyl (C=O) groups is 2. The van der Waals surface area contributed by atoms with E-state index in [1.807, 2.05) is 23.7 Å². The zero-order valence-electron chi connectivity index (χ0n) is 13.2. The Bertz CT molecular complexity index is 1060. The molecule has 0 spiro atoms. The third-order valence-corrected chi connectivity index (χ3v) is 5.50. The van der Waals surface area contributed by atoms with Gasteiger partial charge in [-0.2, -0.15) is 0 Å². The van der Waals surface area contributed by atoms with Crippen LogP contribution >= 0.6 is 22.7 Å². The molecule has 1 aromatic carbocycles. The van der Waals surface area contributed by atoms with Gasteiger partial charge in [-0.15, -0.1) is 22.7 Å². The van der Waals surface area contributed by atoms with Crippen molar-refractivity contribution in [1.82, 2.24) is 9.38 Å². The van der Waals surface area contributed by atoms with Gasteiger partial charge in [0, 0.05) is 22.8 Å². The quantitative estimate of drug-likeness (QED) is 0.537. The van der Waals surface area contributed by atoms with Gasteiger partial charge >= 0.3 is 0 Å². The number of amides is 1. The number of aromatic nitrogens is 2. The van der Waals surface area contributed by atoms with Crippen LogP contribution < -0.4 is 5.32 Å². The molecule has 0 fully saturated rings. The second kappa shape index (κ2) is 6.27. The van der Waals surface area contributed by atoms with Gasteiger partial charge in [0.1, 0.15) is 11.4 Å². The Morgan fingerprint density at radius 2 is 1.92 bits per heavy atom. The van der Waals surface area contributed by atoms with Crippen molar-refractivity contribution in [2.45, 2.75) is 6.92 Å². The molecular weight excluding hydrogens is 354 g/mol. The SMILES string of the molecule is CC(=O)c1ccc(NC(=O)c2csc3nc(-c4cccs4)cn23)cc1. The minimum atomic E-state index is -0.211. The first kappa shape index (κ1) is 15.7. The molecule has 0 radical (unpaired) electrons. The van der Waals surface area contributed by atoms with Crippen LogP contribution in [0.15, 0.2) is 53.4 Å². The van der Waals surface area contributed by atoms with E-state index in [0.29, 0.717) is 16.9 Å². The fourth-order valence-electron chi connectivity index (χ4n) is 2.47. The highest BCUT2D eigenvalue weighted by atomic mass is 32.1. The van der Waals surface area contributed by atoms with Gasteiger partial charge in [-0.05, 0) is 42.6 Å². The summed E-state index contributed by atoms with van der Waals surface area (Å²) in [6.45, 7) is 1.51. The lowest BCUT2D eigenvalue weighted by Gasteiger charge is -2.05. The lowest BCUT2D eigenvalue weighted by atomic mass is 10.1. The van der Waals surface area contributed by atoms with Gasteiger partial charge in [-0.3, -0.25) is 14.0 Å². The number of nitrogens with one attached hydrogen (secondary N) is 1. The second-order valence-corrected chi connectivity index (χ2v) is 7.25. The summed E-state index contributed by atoms with van der Waals surface area (Å²) in [6.07, 6.45) is 1.88. The van der Waals surface area contributed by atoms with Gasteiger partial charge in [0.25, 0.3) is 5.91 Å². The number of thiazole rings is 1. The van der Waals surface area contributed by atoms with E-state index in [1.54, 1.807) is 45.4 Å². The van der Waals surface area contributed by atoms with Crippen molar-refractivity contribution in [2.75, 3.05) is 5.32 Å². The van der Waals surface area contributed by atoms with E-state index in [-0.39, 0.29) is 11.7 Å². The number of benzene rings is 1. The van der Waals surface area contributed by atoms with Gasteiger partial charge in [-0.1, -0.05) is 6.07 Å². The minimum absolute atomic E-state index is 0.00283. The van der Waals surface area contributed by atoms with Crippen molar-refractivity contribution in [1.29, 1.82) is 0 Å². The number of imidazole rings is 1. The van der Waals surface area contributed by atoms with Gasteiger partial charge in [0.15, 0.2) is 10.7 Å². The number of anilines is 1. The van der Waals surface area contributed by atoms with Gasteiger partial charge in [0.05, 0.1) is 4.88 Å². The standard InChI is InChI=1S/C18H13N3O2S2/c1-11(22)12-4-6-13(7-5-12)19-17(23)15-10-25-18-20-14(9-21(15)18)16-3-2-8-24-16/h2-10H,1H3,(H,19,23). The van der Waals surface area contributed by atoms with Crippen molar-refractivity contribution in [3.63, 3.8) is 0 Å². The van der Waals surface area contributed by atoms with Crippen molar-refractivity contribution in [2.24, 2.45) is 0 Å². The normalized spacial score (nSPS) is 10.9. The van der Waals surface area contributed by atoms with Crippen LogP contribution in [0.1, 0.15) is 27.8 Å². The van der Waals surface area contributed by atoms with Gasteiger partial charge in [-0.25, -0.2) is 4.98 Å². The predicted octanol–water partition coefficient (Wildman–Crippen LogP) is 4.58. The molecule has 5 nitrogen and oxygen atoms in total. The Balaban J connectivity index is 1.60. The molecule has 0 bridgehead atoms. The smallest absolute Gasteiger partial charge is 0.273 e. The molecule has 0 aliphatic rings. The summed E-state index contributed by atoms with van der Waals surface area (Å²) in [5.74, 6) is -0.214. The Labute approximate surface area is 151 Å². The molecule has 25 heavy (non-hydrogen) atoms. The molecule has 1 amide bonds. The maximum Gasteiger partial charge on any atom is 0.273 e. The minimum Gasteiger partial charge on any atom is -0.321 e. The molecule has 7 heteroatoms. The van der Waals surface area contributed by atoms with E-state index in [2.05, 4.69) is 10.3 Å². The number of rotatable bonds is 4. The maximum atomic E-state index is 12.6. The first-order valence-electron chi connectivity index (χ1n) is 7.54. The molecule has 1 N–H and O–H groups in total.